The van der Waals surface area contributed by atoms with Gasteiger partial charge in [-0.1, -0.05) is 93.5 Å². The number of imidazole rings is 1. The minimum atomic E-state index is -2.78. The van der Waals surface area contributed by atoms with Crippen molar-refractivity contribution in [2.75, 3.05) is 0 Å². The van der Waals surface area contributed by atoms with Crippen LogP contribution >= 0.6 is 7.14 Å². The molecular weight excluding hydrogens is 399 g/mol. The van der Waals surface area contributed by atoms with Crippen molar-refractivity contribution >= 4 is 18.1 Å². The van der Waals surface area contributed by atoms with Gasteiger partial charge in [0.2, 0.25) is 0 Å². The van der Waals surface area contributed by atoms with Gasteiger partial charge in [0, 0.05) is 21.4 Å². The van der Waals surface area contributed by atoms with E-state index < -0.39 is 7.14 Å². The predicted octanol–water partition coefficient (Wildman–Crippen LogP) is 7.05. The van der Waals surface area contributed by atoms with E-state index in [1.807, 2.05) is 0 Å². The summed E-state index contributed by atoms with van der Waals surface area (Å²) in [5.41, 5.74) is 5.92. The summed E-state index contributed by atoms with van der Waals surface area (Å²) in [6, 6.07) is 12.9. The largest absolute Gasteiger partial charge is 0.314 e. The fourth-order valence-electron chi connectivity index (χ4n) is 4.94. The molecule has 0 unspecified atom stereocenters. The van der Waals surface area contributed by atoms with Crippen LogP contribution < -0.4 is 10.0 Å². The van der Waals surface area contributed by atoms with Crippen LogP contribution in [0.1, 0.15) is 92.2 Å². The Morgan fingerprint density at radius 3 is 1.74 bits per heavy atom. The molecule has 1 aromatic carbocycles. The average molecular weight is 440 g/mol. The molecule has 0 aliphatic heterocycles. The third-order valence-electron chi connectivity index (χ3n) is 6.36. The second-order valence-electron chi connectivity index (χ2n) is 11.4. The Morgan fingerprint density at radius 2 is 1.29 bits per heavy atom. The van der Waals surface area contributed by atoms with E-state index in [9.17, 15) is 4.57 Å². The molecule has 3 nitrogen and oxygen atoms in total. The van der Waals surface area contributed by atoms with Crippen LogP contribution in [0.5, 0.6) is 0 Å². The number of para-hydroxylation sites is 1. The Kier molecular flexibility index (Phi) is 6.08. The summed E-state index contributed by atoms with van der Waals surface area (Å²) in [5.74, 6) is 0.831. The number of rotatable bonds is 4. The maximum absolute atomic E-state index is 14.7. The van der Waals surface area contributed by atoms with Crippen molar-refractivity contribution in [3.05, 3.63) is 60.0 Å². The smallest absolute Gasteiger partial charge is 0.254 e. The van der Waals surface area contributed by atoms with E-state index in [0.29, 0.717) is 11.8 Å². The lowest BCUT2D eigenvalue weighted by atomic mass is 9.92. The number of pyridine rings is 1. The molecular formula is C27H40N2OP+. The molecule has 0 radical (unpaired) electrons. The van der Waals surface area contributed by atoms with Crippen LogP contribution in [0.4, 0.5) is 0 Å². The summed E-state index contributed by atoms with van der Waals surface area (Å²) in [6.45, 7) is 21.7. The molecule has 0 bridgehead atoms. The first kappa shape index (κ1) is 23.8. The SMILES string of the molecule is CC(C)c1cccc(C(C)C)c1-[n+]1cc2cccc(P(=O)(C(C)(C)C)C(C)(C)C)n2c1. The standard InChI is InChI=1S/C27H40N2OP/c1-19(2)22-14-12-15-23(20(3)4)25(22)28-17-21-13-11-16-24(29(21)18-28)31(30,26(5,6)7)27(8,9)10/h11-20H,1-10H3/q+1. The predicted molar refractivity (Wildman–Crippen MR) is 134 cm³/mol. The van der Waals surface area contributed by atoms with Gasteiger partial charge in [0.05, 0.1) is 0 Å². The number of benzene rings is 1. The van der Waals surface area contributed by atoms with Crippen molar-refractivity contribution in [1.82, 2.24) is 4.40 Å². The normalized spacial score (nSPS) is 13.5. The Labute approximate surface area is 188 Å². The first-order valence-corrected chi connectivity index (χ1v) is 13.2. The molecule has 0 spiro atoms. The summed E-state index contributed by atoms with van der Waals surface area (Å²) in [7, 11) is -2.78. The first-order valence-electron chi connectivity index (χ1n) is 11.5. The van der Waals surface area contributed by atoms with E-state index in [1.54, 1.807) is 0 Å². The summed E-state index contributed by atoms with van der Waals surface area (Å²) >= 11 is 0. The fourth-order valence-corrected chi connectivity index (χ4v) is 9.09. The maximum Gasteiger partial charge on any atom is 0.254 e. The molecule has 0 fully saturated rings. The Morgan fingerprint density at radius 1 is 0.806 bits per heavy atom. The quantitative estimate of drug-likeness (QED) is 0.316. The Bertz CT molecular complexity index is 1100. The molecule has 0 amide bonds. The average Bonchev–Trinajstić information content (AvgIpc) is 3.08. The zero-order chi connectivity index (χ0) is 23.4. The Balaban J connectivity index is 2.38. The topological polar surface area (TPSA) is 25.4 Å². The van der Waals surface area contributed by atoms with E-state index >= 15 is 0 Å². The summed E-state index contributed by atoms with van der Waals surface area (Å²) in [5, 5.41) is -0.679. The van der Waals surface area contributed by atoms with Crippen LogP contribution in [-0.2, 0) is 4.57 Å². The van der Waals surface area contributed by atoms with E-state index in [-0.39, 0.29) is 10.3 Å². The highest BCUT2D eigenvalue weighted by atomic mass is 31.2. The molecule has 31 heavy (non-hydrogen) atoms. The first-order chi connectivity index (χ1) is 14.2. The summed E-state index contributed by atoms with van der Waals surface area (Å²) in [6.07, 6.45) is 4.33. The van der Waals surface area contributed by atoms with Gasteiger partial charge in [0.1, 0.15) is 11.9 Å². The highest BCUT2D eigenvalue weighted by Gasteiger charge is 2.50. The van der Waals surface area contributed by atoms with Gasteiger partial charge >= 0.3 is 0 Å². The lowest BCUT2D eigenvalue weighted by Gasteiger charge is -2.39. The minimum Gasteiger partial charge on any atom is -0.314 e. The molecule has 2 aromatic heterocycles. The number of nitrogens with zero attached hydrogens (tertiary/aromatic N) is 2. The van der Waals surface area contributed by atoms with Gasteiger partial charge in [-0.05, 0) is 24.0 Å². The zero-order valence-electron chi connectivity index (χ0n) is 21.0. The third kappa shape index (κ3) is 3.91. The summed E-state index contributed by atoms with van der Waals surface area (Å²) < 4.78 is 19.2. The van der Waals surface area contributed by atoms with Crippen LogP contribution in [0.3, 0.4) is 0 Å². The molecule has 0 aliphatic rings. The minimum absolute atomic E-state index is 0.340. The summed E-state index contributed by atoms with van der Waals surface area (Å²) in [4.78, 5) is 0. The van der Waals surface area contributed by atoms with Crippen LogP contribution in [0.25, 0.3) is 11.2 Å². The van der Waals surface area contributed by atoms with Gasteiger partial charge in [0.25, 0.3) is 6.33 Å². The van der Waals surface area contributed by atoms with Crippen LogP contribution in [0, 0.1) is 0 Å². The monoisotopic (exact) mass is 439 g/mol. The van der Waals surface area contributed by atoms with E-state index in [2.05, 4.69) is 127 Å². The lowest BCUT2D eigenvalue weighted by molar-refractivity contribution is -0.595. The van der Waals surface area contributed by atoms with Gasteiger partial charge in [-0.3, -0.25) is 0 Å². The van der Waals surface area contributed by atoms with Gasteiger partial charge in [-0.2, -0.15) is 4.40 Å². The van der Waals surface area contributed by atoms with E-state index in [0.717, 1.165) is 11.0 Å². The number of aromatic nitrogens is 2. The van der Waals surface area contributed by atoms with Crippen LogP contribution in [-0.4, -0.2) is 14.7 Å². The maximum atomic E-state index is 14.7. The molecule has 0 aliphatic carbocycles. The van der Waals surface area contributed by atoms with E-state index in [4.69, 9.17) is 0 Å². The molecule has 0 saturated heterocycles. The zero-order valence-corrected chi connectivity index (χ0v) is 21.9. The number of fused-ring (bicyclic) bond motifs is 1. The van der Waals surface area contributed by atoms with Gasteiger partial charge in [0.15, 0.2) is 18.1 Å². The molecule has 3 rings (SSSR count). The van der Waals surface area contributed by atoms with Gasteiger partial charge in [-0.25, -0.2) is 4.57 Å². The highest BCUT2D eigenvalue weighted by Crippen LogP contribution is 2.65. The molecule has 0 saturated carbocycles. The Hall–Kier alpha value is -1.86. The molecule has 168 valence electrons. The second kappa shape index (κ2) is 7.93. The van der Waals surface area contributed by atoms with Gasteiger partial charge in [-0.15, -0.1) is 0 Å². The van der Waals surface area contributed by atoms with Crippen LogP contribution in [0.15, 0.2) is 48.9 Å². The molecule has 0 N–H and O–H groups in total. The van der Waals surface area contributed by atoms with E-state index in [1.165, 1.54) is 16.8 Å². The second-order valence-corrected chi connectivity index (χ2v) is 15.7. The van der Waals surface area contributed by atoms with Gasteiger partial charge < -0.3 is 4.57 Å². The van der Waals surface area contributed by atoms with Crippen molar-refractivity contribution in [2.24, 2.45) is 0 Å². The number of hydrogen-bond acceptors (Lipinski definition) is 1. The van der Waals surface area contributed by atoms with Crippen molar-refractivity contribution in [2.45, 2.75) is 91.4 Å². The lowest BCUT2D eigenvalue weighted by Crippen LogP contribution is -2.38. The van der Waals surface area contributed by atoms with Crippen molar-refractivity contribution in [3.63, 3.8) is 0 Å². The number of hydrogen-bond donors (Lipinski definition) is 0. The third-order valence-corrected chi connectivity index (χ3v) is 11.1. The van der Waals surface area contributed by atoms with Crippen molar-refractivity contribution in [1.29, 1.82) is 0 Å². The fraction of sp³-hybridized carbons (Fsp3) is 0.519. The molecule has 2 heterocycles. The molecule has 3 aromatic rings. The highest BCUT2D eigenvalue weighted by molar-refractivity contribution is 7.74. The van der Waals surface area contributed by atoms with Crippen LogP contribution in [0.2, 0.25) is 0 Å². The van der Waals surface area contributed by atoms with Crippen molar-refractivity contribution in [3.8, 4) is 5.69 Å². The van der Waals surface area contributed by atoms with Crippen molar-refractivity contribution < 1.29 is 9.13 Å². The molecule has 0 atom stereocenters. The molecule has 4 heteroatoms.